The molecule has 2 aromatic heterocycles. The fourth-order valence-corrected chi connectivity index (χ4v) is 4.84. The van der Waals surface area contributed by atoms with E-state index in [-0.39, 0.29) is 11.8 Å². The summed E-state index contributed by atoms with van der Waals surface area (Å²) in [7, 11) is -4.17. The standard InChI is InChI=1S/C20H17F4N5O3S/c21-16-14(29-33(30,31)10-11-8-20(23,24)9-11)3-4-15(17(16)22)32-18-12(2-1-6-26-18)13-5-7-27-19(25)28-13/h1-7,11,29H,8-10H2,(H2,25,27,28). The number of halogens is 4. The average Bonchev–Trinajstić information content (AvgIpc) is 2.72. The van der Waals surface area contributed by atoms with Gasteiger partial charge in [-0.05, 0) is 36.2 Å². The minimum absolute atomic E-state index is 0.0122. The molecule has 4 rings (SSSR count). The molecule has 1 aliphatic rings. The Balaban J connectivity index is 1.54. The first kappa shape index (κ1) is 22.7. The van der Waals surface area contributed by atoms with Crippen LogP contribution in [0.5, 0.6) is 11.6 Å². The van der Waals surface area contributed by atoms with Crippen LogP contribution in [0.4, 0.5) is 29.2 Å². The number of pyridine rings is 1. The van der Waals surface area contributed by atoms with Crippen LogP contribution < -0.4 is 15.2 Å². The van der Waals surface area contributed by atoms with Gasteiger partial charge in [-0.25, -0.2) is 36.5 Å². The van der Waals surface area contributed by atoms with E-state index in [9.17, 15) is 26.0 Å². The van der Waals surface area contributed by atoms with Crippen LogP contribution in [0.1, 0.15) is 12.8 Å². The van der Waals surface area contributed by atoms with Gasteiger partial charge in [0, 0.05) is 25.2 Å². The number of aromatic nitrogens is 3. The van der Waals surface area contributed by atoms with Crippen molar-refractivity contribution in [3.63, 3.8) is 0 Å². The fourth-order valence-electron chi connectivity index (χ4n) is 3.41. The number of anilines is 2. The van der Waals surface area contributed by atoms with E-state index < -0.39 is 63.5 Å². The Labute approximate surface area is 185 Å². The number of hydrogen-bond donors (Lipinski definition) is 2. The summed E-state index contributed by atoms with van der Waals surface area (Å²) in [5.41, 5.74) is 5.57. The van der Waals surface area contributed by atoms with E-state index in [0.717, 1.165) is 12.1 Å². The largest absolute Gasteiger partial charge is 0.435 e. The second-order valence-corrected chi connectivity index (χ2v) is 9.28. The van der Waals surface area contributed by atoms with Crippen molar-refractivity contribution in [3.8, 4) is 22.9 Å². The lowest BCUT2D eigenvalue weighted by Gasteiger charge is -2.34. The van der Waals surface area contributed by atoms with Crippen molar-refractivity contribution in [2.45, 2.75) is 18.8 Å². The predicted octanol–water partition coefficient (Wildman–Crippen LogP) is 3.98. The highest BCUT2D eigenvalue weighted by atomic mass is 32.2. The number of ether oxygens (including phenoxy) is 1. The molecule has 2 heterocycles. The quantitative estimate of drug-likeness (QED) is 0.488. The minimum atomic E-state index is -4.17. The number of rotatable bonds is 7. The van der Waals surface area contributed by atoms with Crippen LogP contribution >= 0.6 is 0 Å². The van der Waals surface area contributed by atoms with Crippen molar-refractivity contribution in [1.82, 2.24) is 15.0 Å². The Morgan fingerprint density at radius 3 is 2.55 bits per heavy atom. The number of benzene rings is 1. The number of sulfonamides is 1. The molecule has 1 aromatic carbocycles. The van der Waals surface area contributed by atoms with Crippen molar-refractivity contribution in [1.29, 1.82) is 0 Å². The van der Waals surface area contributed by atoms with Gasteiger partial charge >= 0.3 is 0 Å². The van der Waals surface area contributed by atoms with E-state index in [4.69, 9.17) is 10.5 Å². The molecular formula is C20H17F4N5O3S. The van der Waals surface area contributed by atoms with Crippen LogP contribution in [0.25, 0.3) is 11.3 Å². The summed E-state index contributed by atoms with van der Waals surface area (Å²) in [6, 6.07) is 6.65. The summed E-state index contributed by atoms with van der Waals surface area (Å²) in [6.07, 6.45) is 1.63. The lowest BCUT2D eigenvalue weighted by atomic mass is 9.83. The lowest BCUT2D eigenvalue weighted by Crippen LogP contribution is -2.40. The number of nitrogens with one attached hydrogen (secondary N) is 1. The van der Waals surface area contributed by atoms with Gasteiger partial charge < -0.3 is 10.5 Å². The third kappa shape index (κ3) is 5.13. The smallest absolute Gasteiger partial charge is 0.248 e. The average molecular weight is 483 g/mol. The van der Waals surface area contributed by atoms with Crippen LogP contribution in [-0.2, 0) is 10.0 Å². The molecule has 0 radical (unpaired) electrons. The Kier molecular flexibility index (Phi) is 5.82. The summed E-state index contributed by atoms with van der Waals surface area (Å²) < 4.78 is 86.8. The monoisotopic (exact) mass is 483 g/mol. The van der Waals surface area contributed by atoms with Crippen LogP contribution in [0, 0.1) is 17.6 Å². The number of nitrogen functional groups attached to an aromatic ring is 1. The van der Waals surface area contributed by atoms with Gasteiger partial charge in [0.15, 0.2) is 11.6 Å². The maximum absolute atomic E-state index is 14.7. The summed E-state index contributed by atoms with van der Waals surface area (Å²) in [5.74, 6) is -7.93. The molecule has 0 unspecified atom stereocenters. The molecule has 0 atom stereocenters. The second-order valence-electron chi connectivity index (χ2n) is 7.51. The van der Waals surface area contributed by atoms with Gasteiger partial charge in [0.2, 0.25) is 33.6 Å². The van der Waals surface area contributed by atoms with E-state index in [0.29, 0.717) is 11.3 Å². The molecule has 174 valence electrons. The molecule has 1 fully saturated rings. The highest BCUT2D eigenvalue weighted by molar-refractivity contribution is 7.92. The number of nitrogens with zero attached hydrogens (tertiary/aromatic N) is 3. The Morgan fingerprint density at radius 2 is 1.85 bits per heavy atom. The fraction of sp³-hybridized carbons (Fsp3) is 0.250. The van der Waals surface area contributed by atoms with Gasteiger partial charge in [0.05, 0.1) is 22.7 Å². The second kappa shape index (κ2) is 8.46. The Bertz CT molecular complexity index is 1300. The number of alkyl halides is 2. The van der Waals surface area contributed by atoms with Crippen LogP contribution in [0.15, 0.2) is 42.7 Å². The van der Waals surface area contributed by atoms with Crippen molar-refractivity contribution < 1.29 is 30.7 Å². The highest BCUT2D eigenvalue weighted by Gasteiger charge is 2.46. The third-order valence-electron chi connectivity index (χ3n) is 4.87. The highest BCUT2D eigenvalue weighted by Crippen LogP contribution is 2.43. The van der Waals surface area contributed by atoms with E-state index in [1.807, 2.05) is 4.72 Å². The normalized spacial score (nSPS) is 15.6. The molecule has 33 heavy (non-hydrogen) atoms. The van der Waals surface area contributed by atoms with Gasteiger partial charge in [-0.1, -0.05) is 0 Å². The first-order valence-corrected chi connectivity index (χ1v) is 11.3. The lowest BCUT2D eigenvalue weighted by molar-refractivity contribution is -0.103. The molecule has 1 saturated carbocycles. The zero-order valence-electron chi connectivity index (χ0n) is 16.8. The number of nitrogens with two attached hydrogens (primary N) is 1. The van der Waals surface area contributed by atoms with Crippen molar-refractivity contribution in [2.75, 3.05) is 16.2 Å². The van der Waals surface area contributed by atoms with Crippen molar-refractivity contribution in [2.24, 2.45) is 5.92 Å². The van der Waals surface area contributed by atoms with Gasteiger partial charge in [0.25, 0.3) is 0 Å². The SMILES string of the molecule is Nc1nccc(-c2cccnc2Oc2ccc(NS(=O)(=O)CC3CC(F)(F)C3)c(F)c2F)n1. The van der Waals surface area contributed by atoms with Gasteiger partial charge in [-0.2, -0.15) is 4.39 Å². The van der Waals surface area contributed by atoms with Gasteiger partial charge in [-0.3, -0.25) is 4.72 Å². The molecule has 0 amide bonds. The molecule has 13 heteroatoms. The molecule has 8 nitrogen and oxygen atoms in total. The molecule has 3 aromatic rings. The molecule has 0 aliphatic heterocycles. The molecular weight excluding hydrogens is 466 g/mol. The summed E-state index contributed by atoms with van der Waals surface area (Å²) in [4.78, 5) is 11.8. The minimum Gasteiger partial charge on any atom is -0.435 e. The van der Waals surface area contributed by atoms with Gasteiger partial charge in [-0.15, -0.1) is 0 Å². The molecule has 0 saturated heterocycles. The maximum Gasteiger partial charge on any atom is 0.248 e. The van der Waals surface area contributed by atoms with Crippen molar-refractivity contribution in [3.05, 3.63) is 54.4 Å². The van der Waals surface area contributed by atoms with Crippen molar-refractivity contribution >= 4 is 21.7 Å². The van der Waals surface area contributed by atoms with E-state index >= 15 is 0 Å². The first-order chi connectivity index (χ1) is 15.5. The topological polar surface area (TPSA) is 120 Å². The first-order valence-electron chi connectivity index (χ1n) is 9.61. The number of hydrogen-bond acceptors (Lipinski definition) is 7. The van der Waals surface area contributed by atoms with Crippen LogP contribution in [0.3, 0.4) is 0 Å². The summed E-state index contributed by atoms with van der Waals surface area (Å²) in [5, 5.41) is 0. The maximum atomic E-state index is 14.7. The predicted molar refractivity (Wildman–Crippen MR) is 111 cm³/mol. The van der Waals surface area contributed by atoms with Crippen LogP contribution in [0.2, 0.25) is 0 Å². The summed E-state index contributed by atoms with van der Waals surface area (Å²) in [6.45, 7) is 0. The summed E-state index contributed by atoms with van der Waals surface area (Å²) >= 11 is 0. The zero-order chi connectivity index (χ0) is 23.8. The van der Waals surface area contributed by atoms with Crippen LogP contribution in [-0.4, -0.2) is 35.0 Å². The molecule has 3 N–H and O–H groups in total. The Morgan fingerprint density at radius 1 is 1.09 bits per heavy atom. The third-order valence-corrected chi connectivity index (χ3v) is 6.31. The zero-order valence-corrected chi connectivity index (χ0v) is 17.6. The molecule has 0 bridgehead atoms. The van der Waals surface area contributed by atoms with E-state index in [1.165, 1.54) is 18.5 Å². The Hall–Kier alpha value is -3.48. The molecule has 1 aliphatic carbocycles. The molecule has 0 spiro atoms. The van der Waals surface area contributed by atoms with E-state index in [2.05, 4.69) is 15.0 Å². The van der Waals surface area contributed by atoms with E-state index in [1.54, 1.807) is 12.1 Å². The van der Waals surface area contributed by atoms with Gasteiger partial charge in [0.1, 0.15) is 0 Å².